The smallest absolute Gasteiger partial charge is 0.254 e. The Morgan fingerprint density at radius 2 is 1.73 bits per heavy atom. The fourth-order valence-corrected chi connectivity index (χ4v) is 3.67. The van der Waals surface area contributed by atoms with E-state index in [1.165, 1.54) is 19.0 Å². The number of halogens is 1. The molecule has 0 radical (unpaired) electrons. The lowest BCUT2D eigenvalue weighted by Gasteiger charge is -2.41. The number of ether oxygens (including phenoxy) is 2. The van der Waals surface area contributed by atoms with Gasteiger partial charge in [0.25, 0.3) is 5.91 Å². The van der Waals surface area contributed by atoms with E-state index < -0.39 is 36.4 Å². The van der Waals surface area contributed by atoms with E-state index in [2.05, 4.69) is 0 Å². The standard InChI is InChI=1S/C22H26ClNO6/c1-24(2)22(28)21-19(27)17(25)18(26)20(30-21)13-6-9-16(23)14(11-13)10-12-4-7-15(29-3)8-5-12/h4-9,11,17-21,25-27H,10H2,1-3H3. The van der Waals surface area contributed by atoms with Gasteiger partial charge in [0, 0.05) is 19.1 Å². The van der Waals surface area contributed by atoms with Gasteiger partial charge in [0.2, 0.25) is 0 Å². The summed E-state index contributed by atoms with van der Waals surface area (Å²) in [6.45, 7) is 0. The molecule has 1 amide bonds. The predicted octanol–water partition coefficient (Wildman–Crippen LogP) is 1.55. The number of aliphatic hydroxyl groups excluding tert-OH is 3. The molecule has 1 aliphatic rings. The Morgan fingerprint density at radius 3 is 2.33 bits per heavy atom. The van der Waals surface area contributed by atoms with Crippen molar-refractivity contribution in [2.75, 3.05) is 21.2 Å². The van der Waals surface area contributed by atoms with Crippen molar-refractivity contribution < 1.29 is 29.6 Å². The van der Waals surface area contributed by atoms with Gasteiger partial charge in [0.15, 0.2) is 6.10 Å². The number of hydrogen-bond acceptors (Lipinski definition) is 6. The van der Waals surface area contributed by atoms with Gasteiger partial charge in [-0.3, -0.25) is 4.79 Å². The summed E-state index contributed by atoms with van der Waals surface area (Å²) in [5, 5.41) is 31.6. The fourth-order valence-electron chi connectivity index (χ4n) is 3.48. The van der Waals surface area contributed by atoms with Crippen LogP contribution in [0.3, 0.4) is 0 Å². The molecule has 5 atom stereocenters. The maximum Gasteiger partial charge on any atom is 0.254 e. The van der Waals surface area contributed by atoms with E-state index in [0.717, 1.165) is 16.9 Å². The molecular formula is C22H26ClNO6. The molecule has 0 spiro atoms. The third kappa shape index (κ3) is 4.61. The third-order valence-electron chi connectivity index (χ3n) is 5.25. The number of amides is 1. The topological polar surface area (TPSA) is 99.5 Å². The molecule has 0 saturated carbocycles. The van der Waals surface area contributed by atoms with Crippen LogP contribution in [0.15, 0.2) is 42.5 Å². The summed E-state index contributed by atoms with van der Waals surface area (Å²) in [5.41, 5.74) is 2.36. The maximum absolute atomic E-state index is 12.4. The van der Waals surface area contributed by atoms with Crippen molar-refractivity contribution in [3.05, 3.63) is 64.2 Å². The van der Waals surface area contributed by atoms with Gasteiger partial charge in [-0.1, -0.05) is 35.9 Å². The van der Waals surface area contributed by atoms with Crippen molar-refractivity contribution in [2.24, 2.45) is 0 Å². The molecule has 1 heterocycles. The second-order valence-corrected chi connectivity index (χ2v) is 7.96. The number of carbonyl (C=O) groups excluding carboxylic acids is 1. The first kappa shape index (κ1) is 22.5. The summed E-state index contributed by atoms with van der Waals surface area (Å²) in [6.07, 6.45) is -6.21. The summed E-state index contributed by atoms with van der Waals surface area (Å²) in [5.74, 6) is 0.257. The van der Waals surface area contributed by atoms with Crippen molar-refractivity contribution in [2.45, 2.75) is 36.9 Å². The van der Waals surface area contributed by atoms with Crippen LogP contribution in [0.5, 0.6) is 5.75 Å². The molecule has 1 aliphatic heterocycles. The van der Waals surface area contributed by atoms with Gasteiger partial charge >= 0.3 is 0 Å². The van der Waals surface area contributed by atoms with Crippen LogP contribution in [0.2, 0.25) is 5.02 Å². The second-order valence-electron chi connectivity index (χ2n) is 7.56. The molecule has 7 nitrogen and oxygen atoms in total. The third-order valence-corrected chi connectivity index (χ3v) is 5.62. The number of carbonyl (C=O) groups is 1. The minimum Gasteiger partial charge on any atom is -0.497 e. The molecule has 3 rings (SSSR count). The summed E-state index contributed by atoms with van der Waals surface area (Å²) < 4.78 is 10.9. The van der Waals surface area contributed by atoms with Crippen LogP contribution in [0.4, 0.5) is 0 Å². The Morgan fingerprint density at radius 1 is 1.07 bits per heavy atom. The van der Waals surface area contributed by atoms with Gasteiger partial charge in [0.05, 0.1) is 7.11 Å². The van der Waals surface area contributed by atoms with E-state index in [-0.39, 0.29) is 0 Å². The van der Waals surface area contributed by atoms with E-state index in [1.807, 2.05) is 24.3 Å². The van der Waals surface area contributed by atoms with Gasteiger partial charge in [-0.2, -0.15) is 0 Å². The lowest BCUT2D eigenvalue weighted by molar-refractivity contribution is -0.226. The predicted molar refractivity (Wildman–Crippen MR) is 112 cm³/mol. The highest BCUT2D eigenvalue weighted by molar-refractivity contribution is 6.31. The highest BCUT2D eigenvalue weighted by Gasteiger charge is 2.47. The first-order valence-electron chi connectivity index (χ1n) is 9.55. The SMILES string of the molecule is COc1ccc(Cc2cc(C3OC(C(=O)N(C)C)C(O)C(O)C3O)ccc2Cl)cc1. The highest BCUT2D eigenvalue weighted by Crippen LogP contribution is 2.35. The largest absolute Gasteiger partial charge is 0.497 e. The first-order valence-corrected chi connectivity index (χ1v) is 9.92. The molecule has 2 aromatic carbocycles. The Balaban J connectivity index is 1.88. The molecule has 1 saturated heterocycles. The Labute approximate surface area is 180 Å². The monoisotopic (exact) mass is 435 g/mol. The first-order chi connectivity index (χ1) is 14.2. The average molecular weight is 436 g/mol. The number of methoxy groups -OCH3 is 1. The molecule has 5 unspecified atom stereocenters. The molecule has 2 aromatic rings. The van der Waals surface area contributed by atoms with Crippen LogP contribution < -0.4 is 4.74 Å². The lowest BCUT2D eigenvalue weighted by Crippen LogP contribution is -2.58. The van der Waals surface area contributed by atoms with Gasteiger partial charge in [-0.15, -0.1) is 0 Å². The zero-order chi connectivity index (χ0) is 22.0. The van der Waals surface area contributed by atoms with E-state index >= 15 is 0 Å². The minimum atomic E-state index is -1.53. The summed E-state index contributed by atoms with van der Waals surface area (Å²) in [6, 6.07) is 12.7. The highest BCUT2D eigenvalue weighted by atomic mass is 35.5. The van der Waals surface area contributed by atoms with Crippen LogP contribution in [0.25, 0.3) is 0 Å². The maximum atomic E-state index is 12.4. The number of nitrogens with zero attached hydrogens (tertiary/aromatic N) is 1. The van der Waals surface area contributed by atoms with Crippen molar-refractivity contribution in [1.82, 2.24) is 4.90 Å². The van der Waals surface area contributed by atoms with E-state index in [4.69, 9.17) is 21.1 Å². The number of aliphatic hydroxyl groups is 3. The molecule has 30 heavy (non-hydrogen) atoms. The molecule has 8 heteroatoms. The van der Waals surface area contributed by atoms with Crippen molar-refractivity contribution in [1.29, 1.82) is 0 Å². The Hall–Kier alpha value is -2.16. The molecule has 0 bridgehead atoms. The number of rotatable bonds is 5. The Kier molecular flexibility index (Phi) is 7.00. The van der Waals surface area contributed by atoms with E-state index in [1.54, 1.807) is 25.3 Å². The van der Waals surface area contributed by atoms with Gasteiger partial charge in [-0.05, 0) is 41.3 Å². The van der Waals surface area contributed by atoms with Crippen LogP contribution in [0, 0.1) is 0 Å². The molecule has 1 fully saturated rings. The van der Waals surface area contributed by atoms with Gasteiger partial charge < -0.3 is 29.7 Å². The molecule has 0 aromatic heterocycles. The normalized spacial score (nSPS) is 26.3. The number of hydrogen-bond donors (Lipinski definition) is 3. The zero-order valence-corrected chi connectivity index (χ0v) is 17.8. The summed E-state index contributed by atoms with van der Waals surface area (Å²) >= 11 is 6.37. The average Bonchev–Trinajstić information content (AvgIpc) is 2.74. The number of likely N-dealkylation sites (N-methyl/N-ethyl adjacent to an activating group) is 1. The van der Waals surface area contributed by atoms with Crippen molar-refractivity contribution in [3.63, 3.8) is 0 Å². The molecule has 0 aliphatic carbocycles. The summed E-state index contributed by atoms with van der Waals surface area (Å²) in [7, 11) is 4.66. The summed E-state index contributed by atoms with van der Waals surface area (Å²) in [4.78, 5) is 13.6. The molecule has 3 N–H and O–H groups in total. The van der Waals surface area contributed by atoms with Gasteiger partial charge in [0.1, 0.15) is 30.2 Å². The quantitative estimate of drug-likeness (QED) is 0.659. The fraction of sp³-hybridized carbons (Fsp3) is 0.409. The number of benzene rings is 2. The van der Waals surface area contributed by atoms with Crippen molar-refractivity contribution >= 4 is 17.5 Å². The van der Waals surface area contributed by atoms with Gasteiger partial charge in [-0.25, -0.2) is 0 Å². The second kappa shape index (κ2) is 9.32. The van der Waals surface area contributed by atoms with Crippen molar-refractivity contribution in [3.8, 4) is 5.75 Å². The van der Waals surface area contributed by atoms with Crippen LogP contribution in [-0.2, 0) is 16.0 Å². The van der Waals surface area contributed by atoms with E-state index in [9.17, 15) is 20.1 Å². The van der Waals surface area contributed by atoms with Crippen LogP contribution >= 0.6 is 11.6 Å². The van der Waals surface area contributed by atoms with Crippen LogP contribution in [0.1, 0.15) is 22.8 Å². The lowest BCUT2D eigenvalue weighted by atomic mass is 9.89. The molecular weight excluding hydrogens is 410 g/mol. The van der Waals surface area contributed by atoms with E-state index in [0.29, 0.717) is 17.0 Å². The molecule has 162 valence electrons. The minimum absolute atomic E-state index is 0.495. The van der Waals surface area contributed by atoms with Crippen LogP contribution in [-0.4, -0.2) is 71.7 Å². The Bertz CT molecular complexity index is 888. The zero-order valence-electron chi connectivity index (χ0n) is 17.0.